The molecule has 2 aromatic rings. The first-order valence-corrected chi connectivity index (χ1v) is 7.58. The number of rotatable bonds is 8. The molecule has 3 nitrogen and oxygen atoms in total. The molecule has 1 heterocycles. The Labute approximate surface area is 121 Å². The summed E-state index contributed by atoms with van der Waals surface area (Å²) in [4.78, 5) is 4.47. The zero-order chi connectivity index (χ0) is 14.2. The van der Waals surface area contributed by atoms with E-state index in [1.807, 2.05) is 18.5 Å². The molecule has 0 saturated heterocycles. The highest BCUT2D eigenvalue weighted by atomic mass is 16.5. The number of unbranched alkanes of at least 4 members (excludes halogenated alkanes) is 2. The van der Waals surface area contributed by atoms with Crippen LogP contribution in [0, 0.1) is 0 Å². The molecule has 20 heavy (non-hydrogen) atoms. The van der Waals surface area contributed by atoms with E-state index < -0.39 is 0 Å². The average molecular weight is 272 g/mol. The minimum absolute atomic E-state index is 0.793. The second kappa shape index (κ2) is 7.73. The Morgan fingerprint density at radius 3 is 2.50 bits per heavy atom. The maximum atomic E-state index is 5.67. The van der Waals surface area contributed by atoms with Crippen molar-refractivity contribution in [2.45, 2.75) is 46.1 Å². The van der Waals surface area contributed by atoms with Crippen molar-refractivity contribution >= 4 is 0 Å². The van der Waals surface area contributed by atoms with E-state index in [9.17, 15) is 0 Å². The first kappa shape index (κ1) is 14.6. The lowest BCUT2D eigenvalue weighted by Gasteiger charge is -2.05. The van der Waals surface area contributed by atoms with E-state index in [0.717, 1.165) is 43.0 Å². The topological polar surface area (TPSA) is 27.1 Å². The van der Waals surface area contributed by atoms with Crippen LogP contribution in [0.25, 0.3) is 11.3 Å². The fraction of sp³-hybridized carbons (Fsp3) is 0.471. The molecule has 0 aliphatic heterocycles. The van der Waals surface area contributed by atoms with Crippen molar-refractivity contribution < 1.29 is 4.74 Å². The number of ether oxygens (including phenoxy) is 1. The molecule has 0 amide bonds. The van der Waals surface area contributed by atoms with Gasteiger partial charge in [0.15, 0.2) is 0 Å². The van der Waals surface area contributed by atoms with Crippen LogP contribution < -0.4 is 4.74 Å². The van der Waals surface area contributed by atoms with Crippen molar-refractivity contribution in [2.24, 2.45) is 0 Å². The minimum atomic E-state index is 0.793. The summed E-state index contributed by atoms with van der Waals surface area (Å²) in [7, 11) is 0. The van der Waals surface area contributed by atoms with Crippen molar-refractivity contribution in [2.75, 3.05) is 6.61 Å². The number of hydrogen-bond acceptors (Lipinski definition) is 2. The highest BCUT2D eigenvalue weighted by Gasteiger charge is 2.02. The number of aryl methyl sites for hydroxylation is 1. The summed E-state index contributed by atoms with van der Waals surface area (Å²) in [6.07, 6.45) is 8.69. The zero-order valence-electron chi connectivity index (χ0n) is 12.5. The van der Waals surface area contributed by atoms with Crippen LogP contribution in [-0.4, -0.2) is 16.2 Å². The fourth-order valence-electron chi connectivity index (χ4n) is 2.03. The van der Waals surface area contributed by atoms with E-state index in [1.165, 1.54) is 12.8 Å². The van der Waals surface area contributed by atoms with Crippen molar-refractivity contribution in [3.8, 4) is 17.0 Å². The summed E-state index contributed by atoms with van der Waals surface area (Å²) in [6, 6.07) is 8.20. The molecule has 0 N–H and O–H groups in total. The first-order chi connectivity index (χ1) is 9.83. The number of imidazole rings is 1. The summed E-state index contributed by atoms with van der Waals surface area (Å²) in [5.41, 5.74) is 2.17. The van der Waals surface area contributed by atoms with E-state index >= 15 is 0 Å². The maximum absolute atomic E-state index is 5.67. The summed E-state index contributed by atoms with van der Waals surface area (Å²) in [5.74, 6) is 0.938. The molecule has 1 aromatic carbocycles. The van der Waals surface area contributed by atoms with Gasteiger partial charge in [-0.25, -0.2) is 4.98 Å². The molecule has 0 radical (unpaired) electrons. The van der Waals surface area contributed by atoms with Gasteiger partial charge in [0.05, 0.1) is 18.6 Å². The Kier molecular flexibility index (Phi) is 5.66. The molecule has 0 atom stereocenters. The lowest BCUT2D eigenvalue weighted by molar-refractivity contribution is 0.309. The second-order valence-electron chi connectivity index (χ2n) is 5.08. The van der Waals surface area contributed by atoms with Crippen molar-refractivity contribution in [3.05, 3.63) is 36.8 Å². The maximum Gasteiger partial charge on any atom is 0.119 e. The van der Waals surface area contributed by atoms with Gasteiger partial charge in [0, 0.05) is 18.3 Å². The third kappa shape index (κ3) is 4.12. The van der Waals surface area contributed by atoms with Gasteiger partial charge in [-0.05, 0) is 37.1 Å². The largest absolute Gasteiger partial charge is 0.494 e. The number of nitrogens with zero attached hydrogens (tertiary/aromatic N) is 2. The molecule has 0 spiro atoms. The van der Waals surface area contributed by atoms with Gasteiger partial charge in [0.25, 0.3) is 0 Å². The van der Waals surface area contributed by atoms with E-state index in [-0.39, 0.29) is 0 Å². The molecule has 2 rings (SSSR count). The fourth-order valence-corrected chi connectivity index (χ4v) is 2.03. The van der Waals surface area contributed by atoms with Gasteiger partial charge in [-0.2, -0.15) is 0 Å². The predicted octanol–water partition coefficient (Wildman–Crippen LogP) is 4.53. The van der Waals surface area contributed by atoms with E-state index in [1.54, 1.807) is 0 Å². The Hall–Kier alpha value is -1.77. The summed E-state index contributed by atoms with van der Waals surface area (Å²) in [5, 5.41) is 0. The molecule has 108 valence electrons. The summed E-state index contributed by atoms with van der Waals surface area (Å²) < 4.78 is 7.83. The van der Waals surface area contributed by atoms with Crippen LogP contribution in [0.4, 0.5) is 0 Å². The van der Waals surface area contributed by atoms with Crippen LogP contribution >= 0.6 is 0 Å². The molecule has 1 aromatic heterocycles. The monoisotopic (exact) mass is 272 g/mol. The van der Waals surface area contributed by atoms with Gasteiger partial charge in [-0.1, -0.05) is 26.7 Å². The van der Waals surface area contributed by atoms with Crippen LogP contribution in [0.3, 0.4) is 0 Å². The highest BCUT2D eigenvalue weighted by Crippen LogP contribution is 2.21. The first-order valence-electron chi connectivity index (χ1n) is 7.58. The lowest BCUT2D eigenvalue weighted by atomic mass is 10.1. The van der Waals surface area contributed by atoms with Crippen LogP contribution in [0.15, 0.2) is 36.8 Å². The predicted molar refractivity (Wildman–Crippen MR) is 83.0 cm³/mol. The number of hydrogen-bond donors (Lipinski definition) is 0. The van der Waals surface area contributed by atoms with Gasteiger partial charge in [0.2, 0.25) is 0 Å². The number of aromatic nitrogens is 2. The average Bonchev–Trinajstić information content (AvgIpc) is 2.95. The third-order valence-electron chi connectivity index (χ3n) is 3.32. The molecular formula is C17H24N2O. The molecular weight excluding hydrogens is 248 g/mol. The molecule has 0 bridgehead atoms. The van der Waals surface area contributed by atoms with Crippen molar-refractivity contribution in [3.63, 3.8) is 0 Å². The summed E-state index contributed by atoms with van der Waals surface area (Å²) >= 11 is 0. The normalized spacial score (nSPS) is 10.7. The van der Waals surface area contributed by atoms with Gasteiger partial charge in [-0.15, -0.1) is 0 Å². The molecule has 0 saturated carbocycles. The Morgan fingerprint density at radius 1 is 1.05 bits per heavy atom. The van der Waals surface area contributed by atoms with Crippen LogP contribution in [0.2, 0.25) is 0 Å². The van der Waals surface area contributed by atoms with Crippen LogP contribution in [0.5, 0.6) is 5.75 Å². The molecule has 0 unspecified atom stereocenters. The minimum Gasteiger partial charge on any atom is -0.494 e. The van der Waals surface area contributed by atoms with Gasteiger partial charge in [-0.3, -0.25) is 0 Å². The zero-order valence-corrected chi connectivity index (χ0v) is 12.5. The quantitative estimate of drug-likeness (QED) is 0.660. The standard InChI is InChI=1S/C17H24N2O/c1-3-5-11-19-13-17(18-14-19)15-7-9-16(10-8-15)20-12-6-4-2/h7-10,13-14H,3-6,11-12H2,1-2H3. The number of benzene rings is 1. The molecule has 0 aliphatic carbocycles. The molecule has 3 heteroatoms. The smallest absolute Gasteiger partial charge is 0.119 e. The van der Waals surface area contributed by atoms with Gasteiger partial charge < -0.3 is 9.30 Å². The van der Waals surface area contributed by atoms with E-state index in [0.29, 0.717) is 0 Å². The Bertz CT molecular complexity index is 502. The van der Waals surface area contributed by atoms with E-state index in [4.69, 9.17) is 4.74 Å². The van der Waals surface area contributed by atoms with Crippen molar-refractivity contribution in [1.29, 1.82) is 0 Å². The highest BCUT2D eigenvalue weighted by molar-refractivity contribution is 5.59. The van der Waals surface area contributed by atoms with Crippen LogP contribution in [0.1, 0.15) is 39.5 Å². The second-order valence-corrected chi connectivity index (χ2v) is 5.08. The lowest BCUT2D eigenvalue weighted by Crippen LogP contribution is -1.95. The summed E-state index contributed by atoms with van der Waals surface area (Å²) in [6.45, 7) is 6.21. The molecule has 0 fully saturated rings. The van der Waals surface area contributed by atoms with E-state index in [2.05, 4.69) is 41.7 Å². The third-order valence-corrected chi connectivity index (χ3v) is 3.32. The SMILES string of the molecule is CCCCOc1ccc(-c2cn(CCCC)cn2)cc1. The Morgan fingerprint density at radius 2 is 1.80 bits per heavy atom. The van der Waals surface area contributed by atoms with Gasteiger partial charge >= 0.3 is 0 Å². The molecule has 0 aliphatic rings. The van der Waals surface area contributed by atoms with Gasteiger partial charge in [0.1, 0.15) is 5.75 Å². The van der Waals surface area contributed by atoms with Crippen LogP contribution in [-0.2, 0) is 6.54 Å². The van der Waals surface area contributed by atoms with Crippen molar-refractivity contribution in [1.82, 2.24) is 9.55 Å². The Balaban J connectivity index is 1.96.